The number of fused-ring (bicyclic) bond motifs is 1. The van der Waals surface area contributed by atoms with E-state index in [1.54, 1.807) is 11.3 Å². The number of nitrogens with one attached hydrogen (secondary N) is 2. The van der Waals surface area contributed by atoms with Crippen molar-refractivity contribution >= 4 is 40.0 Å². The Bertz CT molecular complexity index is 784. The zero-order valence-corrected chi connectivity index (χ0v) is 14.3. The molecule has 0 aliphatic heterocycles. The summed E-state index contributed by atoms with van der Waals surface area (Å²) in [5.74, 6) is 1.15. The van der Waals surface area contributed by atoms with Crippen LogP contribution in [0.5, 0.6) is 5.75 Å². The fourth-order valence-electron chi connectivity index (χ4n) is 2.07. The van der Waals surface area contributed by atoms with Gasteiger partial charge in [-0.3, -0.25) is 4.79 Å². The Hall–Kier alpha value is -1.99. The minimum Gasteiger partial charge on any atom is -0.494 e. The predicted molar refractivity (Wildman–Crippen MR) is 94.2 cm³/mol. The van der Waals surface area contributed by atoms with Crippen molar-refractivity contribution in [2.24, 2.45) is 0 Å². The van der Waals surface area contributed by atoms with Gasteiger partial charge in [0.15, 0.2) is 5.16 Å². The molecule has 0 atom stereocenters. The van der Waals surface area contributed by atoms with Crippen molar-refractivity contribution in [3.05, 3.63) is 40.6 Å². The predicted octanol–water partition coefficient (Wildman–Crippen LogP) is 3.43. The molecule has 7 heteroatoms. The maximum atomic E-state index is 11.9. The van der Waals surface area contributed by atoms with Crippen LogP contribution in [0.2, 0.25) is 0 Å². The number of carbonyl (C=O) groups is 1. The monoisotopic (exact) mass is 347 g/mol. The lowest BCUT2D eigenvalue weighted by atomic mass is 10.3. The molecule has 0 spiro atoms. The Morgan fingerprint density at radius 1 is 1.43 bits per heavy atom. The molecule has 0 unspecified atom stereocenters. The maximum Gasteiger partial charge on any atom is 0.230 e. The summed E-state index contributed by atoms with van der Waals surface area (Å²) in [6.45, 7) is 3.16. The SMILES string of the molecule is CCOc1ccc2nc(SCC(=O)NCc3cccs3)[nH]c2c1. The first-order chi connectivity index (χ1) is 11.2. The summed E-state index contributed by atoms with van der Waals surface area (Å²) in [6.07, 6.45) is 0. The van der Waals surface area contributed by atoms with Gasteiger partial charge in [-0.25, -0.2) is 4.98 Å². The van der Waals surface area contributed by atoms with Crippen molar-refractivity contribution in [3.63, 3.8) is 0 Å². The summed E-state index contributed by atoms with van der Waals surface area (Å²) < 4.78 is 5.47. The second-order valence-electron chi connectivity index (χ2n) is 4.80. The molecule has 3 aromatic rings. The van der Waals surface area contributed by atoms with Gasteiger partial charge in [-0.05, 0) is 30.5 Å². The molecule has 0 fully saturated rings. The molecule has 3 rings (SSSR count). The molecule has 23 heavy (non-hydrogen) atoms. The van der Waals surface area contributed by atoms with E-state index in [2.05, 4.69) is 15.3 Å². The lowest BCUT2D eigenvalue weighted by Crippen LogP contribution is -2.24. The largest absolute Gasteiger partial charge is 0.494 e. The number of carbonyl (C=O) groups excluding carboxylic acids is 1. The number of thioether (sulfide) groups is 1. The molecule has 2 heterocycles. The van der Waals surface area contributed by atoms with Crippen molar-refractivity contribution < 1.29 is 9.53 Å². The first kappa shape index (κ1) is 15.9. The van der Waals surface area contributed by atoms with Gasteiger partial charge in [0.2, 0.25) is 5.91 Å². The van der Waals surface area contributed by atoms with Gasteiger partial charge < -0.3 is 15.0 Å². The van der Waals surface area contributed by atoms with Crippen LogP contribution in [0.25, 0.3) is 11.0 Å². The van der Waals surface area contributed by atoms with Gasteiger partial charge in [-0.15, -0.1) is 11.3 Å². The number of hydrogen-bond acceptors (Lipinski definition) is 5. The Morgan fingerprint density at radius 3 is 3.13 bits per heavy atom. The average molecular weight is 347 g/mol. The number of ether oxygens (including phenoxy) is 1. The number of aromatic amines is 1. The summed E-state index contributed by atoms with van der Waals surface area (Å²) in [5.41, 5.74) is 1.78. The second kappa shape index (κ2) is 7.52. The van der Waals surface area contributed by atoms with E-state index in [0.717, 1.165) is 26.8 Å². The highest BCUT2D eigenvalue weighted by molar-refractivity contribution is 7.99. The maximum absolute atomic E-state index is 11.9. The van der Waals surface area contributed by atoms with E-state index in [0.29, 0.717) is 18.9 Å². The van der Waals surface area contributed by atoms with E-state index < -0.39 is 0 Å². The van der Waals surface area contributed by atoms with Crippen LogP contribution in [-0.4, -0.2) is 28.2 Å². The fourth-order valence-corrected chi connectivity index (χ4v) is 3.43. The van der Waals surface area contributed by atoms with Crippen LogP contribution in [0, 0.1) is 0 Å². The smallest absolute Gasteiger partial charge is 0.230 e. The molecular formula is C16H17N3O2S2. The second-order valence-corrected chi connectivity index (χ2v) is 6.79. The quantitative estimate of drug-likeness (QED) is 0.643. The molecule has 0 radical (unpaired) electrons. The van der Waals surface area contributed by atoms with Crippen LogP contribution >= 0.6 is 23.1 Å². The van der Waals surface area contributed by atoms with Crippen molar-refractivity contribution in [2.45, 2.75) is 18.6 Å². The summed E-state index contributed by atoms with van der Waals surface area (Å²) in [7, 11) is 0. The average Bonchev–Trinajstić information content (AvgIpc) is 3.20. The van der Waals surface area contributed by atoms with Crippen LogP contribution in [0.4, 0.5) is 0 Å². The number of nitrogens with zero attached hydrogens (tertiary/aromatic N) is 1. The van der Waals surface area contributed by atoms with E-state index in [1.807, 2.05) is 42.6 Å². The van der Waals surface area contributed by atoms with Crippen molar-refractivity contribution in [3.8, 4) is 5.75 Å². The highest BCUT2D eigenvalue weighted by Gasteiger charge is 2.08. The molecule has 0 saturated heterocycles. The fraction of sp³-hybridized carbons (Fsp3) is 0.250. The molecular weight excluding hydrogens is 330 g/mol. The van der Waals surface area contributed by atoms with E-state index in [1.165, 1.54) is 11.8 Å². The summed E-state index contributed by atoms with van der Waals surface area (Å²) >= 11 is 3.03. The van der Waals surface area contributed by atoms with E-state index in [9.17, 15) is 4.79 Å². The molecule has 0 aliphatic rings. The van der Waals surface area contributed by atoms with Crippen LogP contribution in [0.3, 0.4) is 0 Å². The molecule has 2 N–H and O–H groups in total. The Morgan fingerprint density at radius 2 is 2.35 bits per heavy atom. The highest BCUT2D eigenvalue weighted by Crippen LogP contribution is 2.23. The Balaban J connectivity index is 1.55. The summed E-state index contributed by atoms with van der Waals surface area (Å²) in [4.78, 5) is 20.7. The molecule has 0 aliphatic carbocycles. The molecule has 1 aromatic carbocycles. The Kier molecular flexibility index (Phi) is 5.19. The van der Waals surface area contributed by atoms with Gasteiger partial charge >= 0.3 is 0 Å². The minimum atomic E-state index is -0.00105. The van der Waals surface area contributed by atoms with Crippen molar-refractivity contribution in [2.75, 3.05) is 12.4 Å². The topological polar surface area (TPSA) is 67.0 Å². The van der Waals surface area contributed by atoms with Crippen LogP contribution in [0.15, 0.2) is 40.9 Å². The number of rotatable bonds is 7. The van der Waals surface area contributed by atoms with E-state index in [-0.39, 0.29) is 5.91 Å². The Labute approximate surface area is 142 Å². The van der Waals surface area contributed by atoms with Crippen LogP contribution in [-0.2, 0) is 11.3 Å². The number of benzene rings is 1. The van der Waals surface area contributed by atoms with E-state index >= 15 is 0 Å². The molecule has 1 amide bonds. The third kappa shape index (κ3) is 4.27. The van der Waals surface area contributed by atoms with Crippen LogP contribution < -0.4 is 10.1 Å². The van der Waals surface area contributed by atoms with Crippen molar-refractivity contribution in [1.29, 1.82) is 0 Å². The van der Waals surface area contributed by atoms with Gasteiger partial charge in [-0.2, -0.15) is 0 Å². The van der Waals surface area contributed by atoms with Gasteiger partial charge in [-0.1, -0.05) is 17.8 Å². The van der Waals surface area contributed by atoms with Gasteiger partial charge in [0.25, 0.3) is 0 Å². The molecule has 2 aromatic heterocycles. The van der Waals surface area contributed by atoms with Gasteiger partial charge in [0.1, 0.15) is 5.75 Å². The molecule has 0 bridgehead atoms. The van der Waals surface area contributed by atoms with E-state index in [4.69, 9.17) is 4.74 Å². The lowest BCUT2D eigenvalue weighted by Gasteiger charge is -2.02. The number of thiophene rings is 1. The first-order valence-corrected chi connectivity index (χ1v) is 9.15. The van der Waals surface area contributed by atoms with Crippen LogP contribution in [0.1, 0.15) is 11.8 Å². The molecule has 0 saturated carbocycles. The zero-order chi connectivity index (χ0) is 16.1. The number of aromatic nitrogens is 2. The third-order valence-corrected chi connectivity index (χ3v) is 4.87. The first-order valence-electron chi connectivity index (χ1n) is 7.29. The number of imidazole rings is 1. The lowest BCUT2D eigenvalue weighted by molar-refractivity contribution is -0.118. The molecule has 120 valence electrons. The normalized spacial score (nSPS) is 10.8. The zero-order valence-electron chi connectivity index (χ0n) is 12.7. The number of H-pyrrole nitrogens is 1. The minimum absolute atomic E-state index is 0.00105. The van der Waals surface area contributed by atoms with Gasteiger partial charge in [0, 0.05) is 10.9 Å². The van der Waals surface area contributed by atoms with Crippen molar-refractivity contribution in [1.82, 2.24) is 15.3 Å². The number of hydrogen-bond donors (Lipinski definition) is 2. The molecule has 5 nitrogen and oxygen atoms in total. The summed E-state index contributed by atoms with van der Waals surface area (Å²) in [5, 5.41) is 5.64. The highest BCUT2D eigenvalue weighted by atomic mass is 32.2. The standard InChI is InChI=1S/C16H17N3O2S2/c1-2-21-11-5-6-13-14(8-11)19-16(18-13)23-10-15(20)17-9-12-4-3-7-22-12/h3-8H,2,9-10H2,1H3,(H,17,20)(H,18,19). The number of amides is 1. The van der Waals surface area contributed by atoms with Gasteiger partial charge in [0.05, 0.1) is 29.9 Å². The third-order valence-electron chi connectivity index (χ3n) is 3.12. The summed E-state index contributed by atoms with van der Waals surface area (Å²) in [6, 6.07) is 9.72.